The summed E-state index contributed by atoms with van der Waals surface area (Å²) in [6, 6.07) is 13.0. The number of hydrogen-bond donors (Lipinski definition) is 2. The van der Waals surface area contributed by atoms with Crippen molar-refractivity contribution < 1.29 is 9.53 Å². The molecule has 6 nitrogen and oxygen atoms in total. The predicted octanol–water partition coefficient (Wildman–Crippen LogP) is 5.31. The third-order valence-electron chi connectivity index (χ3n) is 4.36. The van der Waals surface area contributed by atoms with E-state index in [-0.39, 0.29) is 6.03 Å². The number of halogens is 1. The molecule has 7 heteroatoms. The Morgan fingerprint density at radius 3 is 2.47 bits per heavy atom. The van der Waals surface area contributed by atoms with Crippen LogP contribution in [0.5, 0.6) is 5.75 Å². The molecule has 0 aliphatic rings. The highest BCUT2D eigenvalue weighted by atomic mass is 35.5. The molecule has 30 heavy (non-hydrogen) atoms. The Morgan fingerprint density at radius 1 is 1.20 bits per heavy atom. The van der Waals surface area contributed by atoms with E-state index >= 15 is 0 Å². The number of anilines is 1. The van der Waals surface area contributed by atoms with Gasteiger partial charge in [-0.15, -0.1) is 0 Å². The van der Waals surface area contributed by atoms with Crippen molar-refractivity contribution in [3.8, 4) is 5.75 Å². The number of benzene rings is 2. The summed E-state index contributed by atoms with van der Waals surface area (Å²) in [4.78, 5) is 18.9. The number of carbonyl (C=O) groups is 1. The van der Waals surface area contributed by atoms with Crippen molar-refractivity contribution in [2.24, 2.45) is 10.9 Å². The second-order valence-corrected chi connectivity index (χ2v) is 7.81. The Morgan fingerprint density at radius 2 is 1.90 bits per heavy atom. The first kappa shape index (κ1) is 23.5. The third-order valence-corrected chi connectivity index (χ3v) is 4.61. The average molecular weight is 431 g/mol. The molecule has 2 aromatic carbocycles. The van der Waals surface area contributed by atoms with Crippen LogP contribution < -0.4 is 15.4 Å². The van der Waals surface area contributed by atoms with E-state index in [1.807, 2.05) is 56.3 Å². The normalized spacial score (nSPS) is 11.4. The van der Waals surface area contributed by atoms with Crippen LogP contribution in [-0.4, -0.2) is 37.1 Å². The van der Waals surface area contributed by atoms with Crippen LogP contribution in [0.25, 0.3) is 0 Å². The van der Waals surface area contributed by atoms with Crippen LogP contribution in [0.15, 0.2) is 47.5 Å². The van der Waals surface area contributed by atoms with Gasteiger partial charge < -0.3 is 15.4 Å². The molecular formula is C23H31ClN4O2. The zero-order chi connectivity index (χ0) is 22.1. The Balaban J connectivity index is 2.25. The van der Waals surface area contributed by atoms with E-state index in [4.69, 9.17) is 16.3 Å². The van der Waals surface area contributed by atoms with Gasteiger partial charge in [-0.25, -0.2) is 4.79 Å². The van der Waals surface area contributed by atoms with E-state index in [0.29, 0.717) is 36.6 Å². The Labute approximate surface area is 184 Å². The monoisotopic (exact) mass is 430 g/mol. The number of urea groups is 1. The average Bonchev–Trinajstić information content (AvgIpc) is 2.72. The lowest BCUT2D eigenvalue weighted by Crippen LogP contribution is -2.47. The Kier molecular flexibility index (Phi) is 8.99. The maximum Gasteiger partial charge on any atom is 0.324 e. The van der Waals surface area contributed by atoms with Gasteiger partial charge in [0.15, 0.2) is 0 Å². The van der Waals surface area contributed by atoms with E-state index < -0.39 is 0 Å². The summed E-state index contributed by atoms with van der Waals surface area (Å²) < 4.78 is 5.61. The Hall–Kier alpha value is -2.73. The summed E-state index contributed by atoms with van der Waals surface area (Å²) in [5.41, 5.74) is 2.78. The first-order valence-corrected chi connectivity index (χ1v) is 10.5. The minimum Gasteiger partial charge on any atom is -0.494 e. The van der Waals surface area contributed by atoms with Crippen LogP contribution in [0.4, 0.5) is 10.5 Å². The molecule has 0 saturated heterocycles. The summed E-state index contributed by atoms with van der Waals surface area (Å²) in [7, 11) is 1.66. The quantitative estimate of drug-likeness (QED) is 0.462. The van der Waals surface area contributed by atoms with Crippen molar-refractivity contribution in [1.82, 2.24) is 10.2 Å². The highest BCUT2D eigenvalue weighted by Gasteiger charge is 2.20. The standard InChI is InChI=1S/C23H31ClN4O2/c1-6-30-21-12-11-20(13-17(21)4)27-22(25-5)28(23(29)26-14-16(2)3)15-18-7-9-19(24)10-8-18/h7-13,16H,6,14-15H2,1-5H3,(H,25,27)(H,26,29). The molecule has 2 amide bonds. The molecule has 0 spiro atoms. The van der Waals surface area contributed by atoms with Crippen LogP contribution in [0, 0.1) is 12.8 Å². The SMILES string of the molecule is CCOc1ccc(NC(=NC)N(Cc2ccc(Cl)cc2)C(=O)NCC(C)C)cc1C. The summed E-state index contributed by atoms with van der Waals surface area (Å²) in [5.74, 6) is 1.63. The number of guanidine groups is 1. The highest BCUT2D eigenvalue weighted by Crippen LogP contribution is 2.22. The van der Waals surface area contributed by atoms with Gasteiger partial charge in [0.2, 0.25) is 5.96 Å². The van der Waals surface area contributed by atoms with Crippen LogP contribution >= 0.6 is 11.6 Å². The molecule has 2 rings (SSSR count). The van der Waals surface area contributed by atoms with Gasteiger partial charge in [0, 0.05) is 24.3 Å². The predicted molar refractivity (Wildman–Crippen MR) is 125 cm³/mol. The van der Waals surface area contributed by atoms with Crippen LogP contribution in [0.3, 0.4) is 0 Å². The van der Waals surface area contributed by atoms with Gasteiger partial charge in [0.25, 0.3) is 0 Å². The van der Waals surface area contributed by atoms with Crippen LogP contribution in [0.1, 0.15) is 31.9 Å². The maximum atomic E-state index is 13.0. The van der Waals surface area contributed by atoms with Gasteiger partial charge in [-0.3, -0.25) is 9.89 Å². The Bertz CT molecular complexity index is 866. The molecule has 2 N–H and O–H groups in total. The maximum absolute atomic E-state index is 13.0. The van der Waals surface area contributed by atoms with Crippen LogP contribution in [0.2, 0.25) is 5.02 Å². The molecule has 0 aromatic heterocycles. The van der Waals surface area contributed by atoms with Crippen molar-refractivity contribution >= 4 is 29.3 Å². The van der Waals surface area contributed by atoms with Gasteiger partial charge in [0.1, 0.15) is 5.75 Å². The van der Waals surface area contributed by atoms with Crippen molar-refractivity contribution in [2.45, 2.75) is 34.2 Å². The number of carbonyl (C=O) groups excluding carboxylic acids is 1. The molecule has 162 valence electrons. The number of amides is 2. The number of rotatable bonds is 7. The van der Waals surface area contributed by atoms with Crippen molar-refractivity contribution in [1.29, 1.82) is 0 Å². The fourth-order valence-electron chi connectivity index (χ4n) is 2.82. The number of nitrogens with one attached hydrogen (secondary N) is 2. The minimum atomic E-state index is -0.214. The van der Waals surface area contributed by atoms with Gasteiger partial charge in [-0.05, 0) is 61.2 Å². The molecule has 0 bridgehead atoms. The molecule has 0 aliphatic heterocycles. The van der Waals surface area contributed by atoms with Crippen molar-refractivity contribution in [2.75, 3.05) is 25.5 Å². The molecular weight excluding hydrogens is 400 g/mol. The molecule has 0 heterocycles. The summed E-state index contributed by atoms with van der Waals surface area (Å²) >= 11 is 6.00. The number of aryl methyl sites for hydroxylation is 1. The van der Waals surface area contributed by atoms with Gasteiger partial charge >= 0.3 is 6.03 Å². The van der Waals surface area contributed by atoms with E-state index in [1.54, 1.807) is 11.9 Å². The fraction of sp³-hybridized carbons (Fsp3) is 0.391. The lowest BCUT2D eigenvalue weighted by Gasteiger charge is -2.26. The topological polar surface area (TPSA) is 66.0 Å². The van der Waals surface area contributed by atoms with Gasteiger partial charge in [-0.1, -0.05) is 37.6 Å². The minimum absolute atomic E-state index is 0.214. The summed E-state index contributed by atoms with van der Waals surface area (Å²) in [6.07, 6.45) is 0. The first-order valence-electron chi connectivity index (χ1n) is 10.1. The molecule has 0 radical (unpaired) electrons. The third kappa shape index (κ3) is 6.95. The molecule has 0 aliphatic carbocycles. The van der Waals surface area contributed by atoms with Gasteiger partial charge in [0.05, 0.1) is 13.2 Å². The van der Waals surface area contributed by atoms with Crippen molar-refractivity contribution in [3.63, 3.8) is 0 Å². The van der Waals surface area contributed by atoms with Crippen LogP contribution in [-0.2, 0) is 6.54 Å². The summed E-state index contributed by atoms with van der Waals surface area (Å²) in [6.45, 7) is 9.60. The second-order valence-electron chi connectivity index (χ2n) is 7.38. The molecule has 0 fully saturated rings. The number of ether oxygens (including phenoxy) is 1. The fourth-order valence-corrected chi connectivity index (χ4v) is 2.95. The molecule has 0 atom stereocenters. The highest BCUT2D eigenvalue weighted by molar-refractivity contribution is 6.30. The van der Waals surface area contributed by atoms with Gasteiger partial charge in [-0.2, -0.15) is 0 Å². The zero-order valence-corrected chi connectivity index (χ0v) is 19.1. The lowest BCUT2D eigenvalue weighted by molar-refractivity contribution is 0.218. The molecule has 0 saturated carbocycles. The number of aliphatic imine (C=N–C) groups is 1. The number of hydrogen-bond acceptors (Lipinski definition) is 3. The van der Waals surface area contributed by atoms with E-state index in [2.05, 4.69) is 29.5 Å². The number of nitrogens with zero attached hydrogens (tertiary/aromatic N) is 2. The van der Waals surface area contributed by atoms with E-state index in [0.717, 1.165) is 22.6 Å². The smallest absolute Gasteiger partial charge is 0.324 e. The lowest BCUT2D eigenvalue weighted by atomic mass is 10.2. The first-order chi connectivity index (χ1) is 14.3. The second kappa shape index (κ2) is 11.5. The van der Waals surface area contributed by atoms with E-state index in [9.17, 15) is 4.79 Å². The van der Waals surface area contributed by atoms with Crippen molar-refractivity contribution in [3.05, 3.63) is 58.6 Å². The zero-order valence-electron chi connectivity index (χ0n) is 18.3. The molecule has 2 aromatic rings. The van der Waals surface area contributed by atoms with E-state index in [1.165, 1.54) is 0 Å². The molecule has 0 unspecified atom stereocenters. The largest absolute Gasteiger partial charge is 0.494 e. The summed E-state index contributed by atoms with van der Waals surface area (Å²) in [5, 5.41) is 6.90.